The highest BCUT2D eigenvalue weighted by Crippen LogP contribution is 2.42. The molecule has 1 heterocycles. The summed E-state index contributed by atoms with van der Waals surface area (Å²) in [5, 5.41) is 6.82. The van der Waals surface area contributed by atoms with E-state index < -0.39 is 0 Å². The van der Waals surface area contributed by atoms with Gasteiger partial charge in [0.05, 0.1) is 21.3 Å². The van der Waals surface area contributed by atoms with Gasteiger partial charge >= 0.3 is 0 Å². The molecule has 5 nitrogen and oxygen atoms in total. The van der Waals surface area contributed by atoms with Crippen molar-refractivity contribution < 1.29 is 14.2 Å². The molecule has 2 N–H and O–H groups in total. The van der Waals surface area contributed by atoms with Crippen LogP contribution >= 0.6 is 0 Å². The average Bonchev–Trinajstić information content (AvgIpc) is 2.46. The van der Waals surface area contributed by atoms with Crippen molar-refractivity contribution in [2.75, 3.05) is 41.0 Å². The van der Waals surface area contributed by atoms with Gasteiger partial charge in [-0.3, -0.25) is 0 Å². The Morgan fingerprint density at radius 2 is 1.78 bits per heavy atom. The van der Waals surface area contributed by atoms with Gasteiger partial charge in [-0.15, -0.1) is 0 Å². The van der Waals surface area contributed by atoms with Crippen molar-refractivity contribution in [2.24, 2.45) is 0 Å². The second-order valence-corrected chi connectivity index (χ2v) is 4.13. The predicted octanol–water partition coefficient (Wildman–Crippen LogP) is 0.946. The zero-order valence-corrected chi connectivity index (χ0v) is 11.1. The lowest BCUT2D eigenvalue weighted by Gasteiger charge is -2.27. The molecule has 1 aromatic carbocycles. The van der Waals surface area contributed by atoms with Gasteiger partial charge in [-0.2, -0.15) is 0 Å². The maximum atomic E-state index is 5.49. The summed E-state index contributed by atoms with van der Waals surface area (Å²) < 4.78 is 16.2. The number of piperazine rings is 1. The van der Waals surface area contributed by atoms with Gasteiger partial charge in [0.15, 0.2) is 11.5 Å². The van der Waals surface area contributed by atoms with Crippen LogP contribution in [-0.2, 0) is 0 Å². The van der Waals surface area contributed by atoms with Crippen LogP contribution in [0.5, 0.6) is 17.2 Å². The number of nitrogens with one attached hydrogen (secondary N) is 2. The monoisotopic (exact) mass is 252 g/mol. The molecule has 0 spiro atoms. The minimum absolute atomic E-state index is 0.230. The molecular weight excluding hydrogens is 232 g/mol. The molecule has 1 aromatic rings. The van der Waals surface area contributed by atoms with Crippen LogP contribution in [0.25, 0.3) is 0 Å². The molecule has 0 unspecified atom stereocenters. The topological polar surface area (TPSA) is 51.8 Å². The van der Waals surface area contributed by atoms with E-state index in [1.165, 1.54) is 0 Å². The summed E-state index contributed by atoms with van der Waals surface area (Å²) in [6, 6.07) is 4.16. The van der Waals surface area contributed by atoms with Gasteiger partial charge in [-0.05, 0) is 12.1 Å². The third-order valence-electron chi connectivity index (χ3n) is 3.15. The fourth-order valence-corrected chi connectivity index (χ4v) is 2.27. The quantitative estimate of drug-likeness (QED) is 0.835. The molecule has 1 aliphatic heterocycles. The van der Waals surface area contributed by atoms with Crippen molar-refractivity contribution in [3.05, 3.63) is 17.7 Å². The summed E-state index contributed by atoms with van der Waals surface area (Å²) in [5.41, 5.74) is 1.09. The lowest BCUT2D eigenvalue weighted by molar-refractivity contribution is 0.316. The summed E-state index contributed by atoms with van der Waals surface area (Å²) in [5.74, 6) is 2.06. The molecule has 0 bridgehead atoms. The summed E-state index contributed by atoms with van der Waals surface area (Å²) in [4.78, 5) is 0. The molecule has 18 heavy (non-hydrogen) atoms. The van der Waals surface area contributed by atoms with Crippen molar-refractivity contribution in [1.29, 1.82) is 0 Å². The van der Waals surface area contributed by atoms with E-state index in [9.17, 15) is 0 Å². The van der Waals surface area contributed by atoms with Crippen LogP contribution in [0.3, 0.4) is 0 Å². The van der Waals surface area contributed by atoms with Gasteiger partial charge in [0.25, 0.3) is 0 Å². The largest absolute Gasteiger partial charge is 0.493 e. The van der Waals surface area contributed by atoms with E-state index in [-0.39, 0.29) is 6.04 Å². The minimum atomic E-state index is 0.230. The number of benzene rings is 1. The summed E-state index contributed by atoms with van der Waals surface area (Å²) >= 11 is 0. The van der Waals surface area contributed by atoms with Gasteiger partial charge in [0.2, 0.25) is 5.75 Å². The fraction of sp³-hybridized carbons (Fsp3) is 0.538. The maximum absolute atomic E-state index is 5.49. The van der Waals surface area contributed by atoms with E-state index in [4.69, 9.17) is 14.2 Å². The van der Waals surface area contributed by atoms with E-state index in [2.05, 4.69) is 10.6 Å². The SMILES string of the molecule is COc1ccc([C@@H]2CNCCN2)c(OC)c1OC. The van der Waals surface area contributed by atoms with Crippen molar-refractivity contribution in [2.45, 2.75) is 6.04 Å². The highest BCUT2D eigenvalue weighted by atomic mass is 16.5. The normalized spacial score (nSPS) is 19.4. The molecule has 1 aliphatic rings. The lowest BCUT2D eigenvalue weighted by Crippen LogP contribution is -2.42. The number of hydrogen-bond donors (Lipinski definition) is 2. The van der Waals surface area contributed by atoms with Crippen LogP contribution in [0.2, 0.25) is 0 Å². The Labute approximate surface area is 107 Å². The van der Waals surface area contributed by atoms with E-state index in [0.29, 0.717) is 11.5 Å². The van der Waals surface area contributed by atoms with Crippen LogP contribution in [0.4, 0.5) is 0 Å². The Balaban J connectivity index is 2.40. The average molecular weight is 252 g/mol. The molecule has 2 rings (SSSR count). The first-order valence-electron chi connectivity index (χ1n) is 6.04. The first-order chi connectivity index (χ1) is 8.81. The van der Waals surface area contributed by atoms with Crippen molar-refractivity contribution in [3.8, 4) is 17.2 Å². The number of hydrogen-bond acceptors (Lipinski definition) is 5. The molecule has 0 saturated carbocycles. The predicted molar refractivity (Wildman–Crippen MR) is 69.7 cm³/mol. The molecule has 0 aromatic heterocycles. The molecule has 0 amide bonds. The second-order valence-electron chi connectivity index (χ2n) is 4.13. The summed E-state index contributed by atoms with van der Waals surface area (Å²) in [7, 11) is 4.89. The van der Waals surface area contributed by atoms with Gasteiger partial charge in [-0.25, -0.2) is 0 Å². The summed E-state index contributed by atoms with van der Waals surface area (Å²) in [6.07, 6.45) is 0. The minimum Gasteiger partial charge on any atom is -0.493 e. The van der Waals surface area contributed by atoms with Crippen LogP contribution < -0.4 is 24.8 Å². The van der Waals surface area contributed by atoms with E-state index >= 15 is 0 Å². The van der Waals surface area contributed by atoms with Crippen molar-refractivity contribution in [1.82, 2.24) is 10.6 Å². The van der Waals surface area contributed by atoms with Crippen molar-refractivity contribution >= 4 is 0 Å². The zero-order chi connectivity index (χ0) is 13.0. The smallest absolute Gasteiger partial charge is 0.203 e. The van der Waals surface area contributed by atoms with Crippen LogP contribution in [0.15, 0.2) is 12.1 Å². The van der Waals surface area contributed by atoms with E-state index in [0.717, 1.165) is 30.9 Å². The molecule has 1 saturated heterocycles. The Hall–Kier alpha value is -1.46. The molecule has 1 fully saturated rings. The summed E-state index contributed by atoms with van der Waals surface area (Å²) in [6.45, 7) is 2.82. The molecular formula is C13H20N2O3. The second kappa shape index (κ2) is 5.93. The van der Waals surface area contributed by atoms with Gasteiger partial charge < -0.3 is 24.8 Å². The van der Waals surface area contributed by atoms with Gasteiger partial charge in [0, 0.05) is 31.2 Å². The maximum Gasteiger partial charge on any atom is 0.203 e. The Morgan fingerprint density at radius 1 is 1.00 bits per heavy atom. The Morgan fingerprint density at radius 3 is 2.33 bits per heavy atom. The lowest BCUT2D eigenvalue weighted by atomic mass is 10.0. The van der Waals surface area contributed by atoms with Crippen LogP contribution in [0, 0.1) is 0 Å². The highest BCUT2D eigenvalue weighted by molar-refractivity contribution is 5.56. The molecule has 0 radical (unpaired) electrons. The van der Waals surface area contributed by atoms with Crippen LogP contribution in [0.1, 0.15) is 11.6 Å². The first-order valence-corrected chi connectivity index (χ1v) is 6.04. The van der Waals surface area contributed by atoms with Gasteiger partial charge in [0.1, 0.15) is 0 Å². The fourth-order valence-electron chi connectivity index (χ4n) is 2.27. The third kappa shape index (κ3) is 2.37. The standard InChI is InChI=1S/C13H20N2O3/c1-16-11-5-4-9(10-8-14-6-7-15-10)12(17-2)13(11)18-3/h4-5,10,14-15H,6-8H2,1-3H3/t10-/m0/s1. The number of methoxy groups -OCH3 is 3. The molecule has 5 heteroatoms. The zero-order valence-electron chi connectivity index (χ0n) is 11.1. The molecule has 0 aliphatic carbocycles. The third-order valence-corrected chi connectivity index (χ3v) is 3.15. The van der Waals surface area contributed by atoms with Crippen molar-refractivity contribution in [3.63, 3.8) is 0 Å². The number of ether oxygens (including phenoxy) is 3. The Kier molecular flexibility index (Phi) is 4.28. The first kappa shape index (κ1) is 13.0. The van der Waals surface area contributed by atoms with Crippen LogP contribution in [-0.4, -0.2) is 41.0 Å². The van der Waals surface area contributed by atoms with E-state index in [1.807, 2.05) is 12.1 Å². The molecule has 1 atom stereocenters. The number of rotatable bonds is 4. The Bertz CT molecular complexity index is 403. The highest BCUT2D eigenvalue weighted by Gasteiger charge is 2.23. The van der Waals surface area contributed by atoms with Gasteiger partial charge in [-0.1, -0.05) is 0 Å². The van der Waals surface area contributed by atoms with E-state index in [1.54, 1.807) is 21.3 Å². The molecule has 100 valence electrons.